The first-order valence-corrected chi connectivity index (χ1v) is 3.85. The van der Waals surface area contributed by atoms with E-state index in [1.54, 1.807) is 6.07 Å². The van der Waals surface area contributed by atoms with Crippen LogP contribution in [-0.2, 0) is 0 Å². The lowest BCUT2D eigenvalue weighted by Crippen LogP contribution is -2.24. The van der Waals surface area contributed by atoms with Crippen molar-refractivity contribution in [2.45, 2.75) is 0 Å². The van der Waals surface area contributed by atoms with Gasteiger partial charge in [0.15, 0.2) is 0 Å². The van der Waals surface area contributed by atoms with Gasteiger partial charge in [0.25, 0.3) is 5.91 Å². The van der Waals surface area contributed by atoms with Gasteiger partial charge in [-0.1, -0.05) is 0 Å². The fraction of sp³-hybridized carbons (Fsp3) is 0.111. The van der Waals surface area contributed by atoms with Gasteiger partial charge in [0.2, 0.25) is 0 Å². The lowest BCUT2D eigenvalue weighted by molar-refractivity contribution is 0.0959. The molecule has 0 heterocycles. The number of anilines is 1. The Hall–Kier alpha value is -2.09. The van der Waals surface area contributed by atoms with Gasteiger partial charge in [0, 0.05) is 5.69 Å². The van der Waals surface area contributed by atoms with Crippen LogP contribution < -0.4 is 11.1 Å². The fourth-order valence-electron chi connectivity index (χ4n) is 0.940. The number of rotatable bonds is 2. The molecule has 0 aliphatic heterocycles. The molecule has 3 N–H and O–H groups in total. The van der Waals surface area contributed by atoms with E-state index < -0.39 is 11.7 Å². The molecule has 0 aliphatic carbocycles. The molecular formula is C9H8FN3O. The van der Waals surface area contributed by atoms with E-state index >= 15 is 0 Å². The van der Waals surface area contributed by atoms with Crippen LogP contribution in [0.15, 0.2) is 18.2 Å². The largest absolute Gasteiger partial charge is 0.398 e. The third kappa shape index (κ3) is 2.20. The Balaban J connectivity index is 2.90. The van der Waals surface area contributed by atoms with Gasteiger partial charge in [-0.05, 0) is 18.2 Å². The number of nitrogen functional groups attached to an aromatic ring is 1. The summed E-state index contributed by atoms with van der Waals surface area (Å²) in [5, 5.41) is 10.5. The lowest BCUT2D eigenvalue weighted by atomic mass is 10.1. The molecule has 1 amide bonds. The summed E-state index contributed by atoms with van der Waals surface area (Å²) in [6, 6.07) is 5.23. The SMILES string of the molecule is N#CCNC(=O)c1cc(F)ccc1N. The molecule has 0 spiro atoms. The zero-order valence-corrected chi connectivity index (χ0v) is 7.25. The third-order valence-corrected chi connectivity index (χ3v) is 1.59. The average Bonchev–Trinajstić information content (AvgIpc) is 2.18. The van der Waals surface area contributed by atoms with E-state index in [2.05, 4.69) is 5.32 Å². The summed E-state index contributed by atoms with van der Waals surface area (Å²) in [4.78, 5) is 11.3. The Morgan fingerprint density at radius 2 is 2.36 bits per heavy atom. The minimum atomic E-state index is -0.552. The molecule has 0 bridgehead atoms. The summed E-state index contributed by atoms with van der Waals surface area (Å²) < 4.78 is 12.7. The molecule has 72 valence electrons. The molecule has 5 heteroatoms. The maximum atomic E-state index is 12.7. The molecule has 1 aromatic rings. The van der Waals surface area contributed by atoms with Crippen LogP contribution in [0.2, 0.25) is 0 Å². The van der Waals surface area contributed by atoms with E-state index in [1.807, 2.05) is 0 Å². The molecule has 0 fully saturated rings. The first kappa shape index (κ1) is 9.99. The van der Waals surface area contributed by atoms with Crippen molar-refractivity contribution in [2.75, 3.05) is 12.3 Å². The molecular weight excluding hydrogens is 185 g/mol. The molecule has 14 heavy (non-hydrogen) atoms. The van der Waals surface area contributed by atoms with Gasteiger partial charge >= 0.3 is 0 Å². The predicted octanol–water partition coefficient (Wildman–Crippen LogP) is 0.661. The van der Waals surface area contributed by atoms with Gasteiger partial charge in [-0.15, -0.1) is 0 Å². The van der Waals surface area contributed by atoms with Gasteiger partial charge in [-0.25, -0.2) is 4.39 Å². The molecule has 0 saturated carbocycles. The maximum absolute atomic E-state index is 12.7. The summed E-state index contributed by atoms with van der Waals surface area (Å²) in [5.41, 5.74) is 5.68. The Bertz CT molecular complexity index is 398. The number of halogens is 1. The van der Waals surface area contributed by atoms with Crippen LogP contribution in [-0.4, -0.2) is 12.5 Å². The standard InChI is InChI=1S/C9H8FN3O/c10-6-1-2-8(12)7(5-6)9(14)13-4-3-11/h1-2,5H,4,12H2,(H,13,14). The van der Waals surface area contributed by atoms with Crippen molar-refractivity contribution in [2.24, 2.45) is 0 Å². The van der Waals surface area contributed by atoms with Crippen molar-refractivity contribution in [1.29, 1.82) is 5.26 Å². The van der Waals surface area contributed by atoms with Crippen molar-refractivity contribution in [1.82, 2.24) is 5.32 Å². The van der Waals surface area contributed by atoms with E-state index in [-0.39, 0.29) is 17.8 Å². The number of hydrogen-bond donors (Lipinski definition) is 2. The zero-order chi connectivity index (χ0) is 10.6. The van der Waals surface area contributed by atoms with Crippen LogP contribution in [0.1, 0.15) is 10.4 Å². The van der Waals surface area contributed by atoms with Crippen molar-refractivity contribution < 1.29 is 9.18 Å². The number of nitrogens with two attached hydrogens (primary N) is 1. The first-order chi connectivity index (χ1) is 6.65. The van der Waals surface area contributed by atoms with Crippen LogP contribution in [0.4, 0.5) is 10.1 Å². The Morgan fingerprint density at radius 1 is 1.64 bits per heavy atom. The van der Waals surface area contributed by atoms with E-state index in [0.717, 1.165) is 12.1 Å². The summed E-state index contributed by atoms with van der Waals surface area (Å²) in [7, 11) is 0. The highest BCUT2D eigenvalue weighted by Gasteiger charge is 2.09. The smallest absolute Gasteiger partial charge is 0.254 e. The maximum Gasteiger partial charge on any atom is 0.254 e. The topological polar surface area (TPSA) is 78.9 Å². The molecule has 0 aromatic heterocycles. The van der Waals surface area contributed by atoms with Crippen LogP contribution in [0.5, 0.6) is 0 Å². The minimum Gasteiger partial charge on any atom is -0.398 e. The molecule has 0 unspecified atom stereocenters. The number of amides is 1. The van der Waals surface area contributed by atoms with Crippen molar-refractivity contribution >= 4 is 11.6 Å². The number of carbonyl (C=O) groups excluding carboxylic acids is 1. The zero-order valence-electron chi connectivity index (χ0n) is 7.25. The van der Waals surface area contributed by atoms with E-state index in [1.165, 1.54) is 6.07 Å². The second-order valence-corrected chi connectivity index (χ2v) is 2.57. The van der Waals surface area contributed by atoms with E-state index in [9.17, 15) is 9.18 Å². The molecule has 0 aliphatic rings. The van der Waals surface area contributed by atoms with Gasteiger partial charge in [-0.3, -0.25) is 4.79 Å². The molecule has 1 aromatic carbocycles. The van der Waals surface area contributed by atoms with Gasteiger partial charge in [0.1, 0.15) is 12.4 Å². The normalized spacial score (nSPS) is 9.14. The molecule has 1 rings (SSSR count). The van der Waals surface area contributed by atoms with E-state index in [4.69, 9.17) is 11.0 Å². The van der Waals surface area contributed by atoms with Gasteiger partial charge in [0.05, 0.1) is 11.6 Å². The second kappa shape index (κ2) is 4.23. The second-order valence-electron chi connectivity index (χ2n) is 2.57. The highest BCUT2D eigenvalue weighted by molar-refractivity contribution is 5.99. The Labute approximate surface area is 80.1 Å². The number of carbonyl (C=O) groups is 1. The van der Waals surface area contributed by atoms with Crippen LogP contribution in [0.25, 0.3) is 0 Å². The third-order valence-electron chi connectivity index (χ3n) is 1.59. The molecule has 0 saturated heterocycles. The van der Waals surface area contributed by atoms with Crippen LogP contribution in [0, 0.1) is 17.1 Å². The summed E-state index contributed by atoms with van der Waals surface area (Å²) in [6.45, 7) is -0.130. The van der Waals surface area contributed by atoms with Crippen LogP contribution >= 0.6 is 0 Å². The first-order valence-electron chi connectivity index (χ1n) is 3.85. The lowest BCUT2D eigenvalue weighted by Gasteiger charge is -2.04. The Morgan fingerprint density at radius 3 is 3.00 bits per heavy atom. The van der Waals surface area contributed by atoms with Gasteiger partial charge in [-0.2, -0.15) is 5.26 Å². The van der Waals surface area contributed by atoms with Crippen molar-refractivity contribution in [3.63, 3.8) is 0 Å². The van der Waals surface area contributed by atoms with E-state index in [0.29, 0.717) is 0 Å². The number of nitrogens with one attached hydrogen (secondary N) is 1. The fourth-order valence-corrected chi connectivity index (χ4v) is 0.940. The molecule has 0 atom stereocenters. The number of hydrogen-bond acceptors (Lipinski definition) is 3. The summed E-state index contributed by atoms with van der Waals surface area (Å²) in [6.07, 6.45) is 0. The molecule has 4 nitrogen and oxygen atoms in total. The Kier molecular flexibility index (Phi) is 3.02. The highest BCUT2D eigenvalue weighted by Crippen LogP contribution is 2.12. The number of nitriles is 1. The summed E-state index contributed by atoms with van der Waals surface area (Å²) in [5.74, 6) is -1.09. The van der Waals surface area contributed by atoms with Crippen molar-refractivity contribution in [3.05, 3.63) is 29.6 Å². The highest BCUT2D eigenvalue weighted by atomic mass is 19.1. The molecule has 0 radical (unpaired) electrons. The monoisotopic (exact) mass is 193 g/mol. The van der Waals surface area contributed by atoms with Crippen LogP contribution in [0.3, 0.4) is 0 Å². The number of nitrogens with zero attached hydrogens (tertiary/aromatic N) is 1. The summed E-state index contributed by atoms with van der Waals surface area (Å²) >= 11 is 0. The number of benzene rings is 1. The average molecular weight is 193 g/mol. The minimum absolute atomic E-state index is 0.0419. The van der Waals surface area contributed by atoms with Crippen molar-refractivity contribution in [3.8, 4) is 6.07 Å². The predicted molar refractivity (Wildman–Crippen MR) is 48.8 cm³/mol. The quantitative estimate of drug-likeness (QED) is 0.535. The van der Waals surface area contributed by atoms with Gasteiger partial charge < -0.3 is 11.1 Å².